The average Bonchev–Trinajstić information content (AvgIpc) is 2.28. The van der Waals surface area contributed by atoms with Gasteiger partial charge in [0.25, 0.3) is 0 Å². The molecule has 0 spiro atoms. The quantitative estimate of drug-likeness (QED) is 0.862. The van der Waals surface area contributed by atoms with Gasteiger partial charge in [0.2, 0.25) is 0 Å². The predicted molar refractivity (Wildman–Crippen MR) is 80.4 cm³/mol. The second-order valence-corrected chi connectivity index (χ2v) is 9.85. The van der Waals surface area contributed by atoms with E-state index < -0.39 is 25.4 Å². The largest absolute Gasteiger partial charge is 0.398 e. The monoisotopic (exact) mass is 303 g/mol. The molecule has 0 aliphatic heterocycles. The molecule has 0 aromatic heterocycles. The van der Waals surface area contributed by atoms with E-state index in [2.05, 4.69) is 0 Å². The molecule has 0 saturated heterocycles. The Morgan fingerprint density at radius 2 is 1.84 bits per heavy atom. The van der Waals surface area contributed by atoms with Crippen molar-refractivity contribution in [3.63, 3.8) is 0 Å². The van der Waals surface area contributed by atoms with E-state index in [-0.39, 0.29) is 11.5 Å². The molecule has 19 heavy (non-hydrogen) atoms. The van der Waals surface area contributed by atoms with Crippen molar-refractivity contribution in [3.05, 3.63) is 23.8 Å². The normalized spacial score (nSPS) is 14.3. The number of rotatable bonds is 4. The molecule has 4 nitrogen and oxygen atoms in total. The van der Waals surface area contributed by atoms with Gasteiger partial charge >= 0.3 is 0 Å². The maximum Gasteiger partial charge on any atom is 0.156 e. The molecule has 0 saturated carbocycles. The molecular formula is C13H21NO3S2. The van der Waals surface area contributed by atoms with E-state index in [1.165, 1.54) is 0 Å². The molecular weight excluding hydrogens is 282 g/mol. The summed E-state index contributed by atoms with van der Waals surface area (Å²) in [6.07, 6.45) is 0. The minimum Gasteiger partial charge on any atom is -0.398 e. The van der Waals surface area contributed by atoms with Gasteiger partial charge in [-0.15, -0.1) is 0 Å². The lowest BCUT2D eigenvalue weighted by molar-refractivity contribution is 0.561. The van der Waals surface area contributed by atoms with Crippen molar-refractivity contribution >= 4 is 26.3 Å². The van der Waals surface area contributed by atoms with E-state index >= 15 is 0 Å². The second-order valence-electron chi connectivity index (χ2n) is 5.45. The van der Waals surface area contributed by atoms with Crippen LogP contribution >= 0.6 is 0 Å². The van der Waals surface area contributed by atoms with Crippen LogP contribution in [0.5, 0.6) is 0 Å². The summed E-state index contributed by atoms with van der Waals surface area (Å²) in [7, 11) is -4.59. The molecule has 0 bridgehead atoms. The van der Waals surface area contributed by atoms with E-state index in [1.807, 2.05) is 0 Å². The highest BCUT2D eigenvalue weighted by molar-refractivity contribution is 7.94. The molecule has 1 atom stereocenters. The van der Waals surface area contributed by atoms with Gasteiger partial charge in [0.1, 0.15) is 0 Å². The van der Waals surface area contributed by atoms with Crippen LogP contribution in [0.1, 0.15) is 26.3 Å². The Labute approximate surface area is 117 Å². The van der Waals surface area contributed by atoms with Gasteiger partial charge < -0.3 is 5.73 Å². The SMILES string of the molecule is Cc1c(N)cccc1S(=O)CCS(=O)(=O)C(C)(C)C. The topological polar surface area (TPSA) is 77.2 Å². The van der Waals surface area contributed by atoms with Crippen molar-refractivity contribution in [2.24, 2.45) is 0 Å². The van der Waals surface area contributed by atoms with Crippen LogP contribution in [0.2, 0.25) is 0 Å². The first-order valence-corrected chi connectivity index (χ1v) is 8.99. The van der Waals surface area contributed by atoms with E-state index in [4.69, 9.17) is 5.73 Å². The number of benzene rings is 1. The lowest BCUT2D eigenvalue weighted by atomic mass is 10.2. The van der Waals surface area contributed by atoms with Gasteiger partial charge in [-0.1, -0.05) is 6.07 Å². The zero-order valence-corrected chi connectivity index (χ0v) is 13.4. The second kappa shape index (κ2) is 5.63. The molecule has 1 aromatic rings. The summed E-state index contributed by atoms with van der Waals surface area (Å²) in [5.74, 6) is 0.0151. The van der Waals surface area contributed by atoms with Gasteiger partial charge in [-0.2, -0.15) is 0 Å². The van der Waals surface area contributed by atoms with Gasteiger partial charge in [-0.3, -0.25) is 4.21 Å². The molecule has 0 radical (unpaired) electrons. The number of sulfone groups is 1. The van der Waals surface area contributed by atoms with Crippen molar-refractivity contribution < 1.29 is 12.6 Å². The first-order valence-electron chi connectivity index (χ1n) is 6.02. The number of anilines is 1. The summed E-state index contributed by atoms with van der Waals surface area (Å²) in [5.41, 5.74) is 7.09. The number of nitrogen functional groups attached to an aromatic ring is 1. The van der Waals surface area contributed by atoms with E-state index in [0.717, 1.165) is 5.56 Å². The zero-order chi connectivity index (χ0) is 14.8. The molecule has 2 N–H and O–H groups in total. The molecule has 1 rings (SSSR count). The summed E-state index contributed by atoms with van der Waals surface area (Å²) >= 11 is 0. The smallest absolute Gasteiger partial charge is 0.156 e. The van der Waals surface area contributed by atoms with Crippen molar-refractivity contribution in [3.8, 4) is 0 Å². The van der Waals surface area contributed by atoms with Crippen molar-refractivity contribution in [1.29, 1.82) is 0 Å². The highest BCUT2D eigenvalue weighted by Gasteiger charge is 2.29. The highest BCUT2D eigenvalue weighted by atomic mass is 32.2. The van der Waals surface area contributed by atoms with Crippen LogP contribution in [0, 0.1) is 6.92 Å². The van der Waals surface area contributed by atoms with Crippen molar-refractivity contribution in [2.75, 3.05) is 17.2 Å². The Hall–Kier alpha value is -0.880. The van der Waals surface area contributed by atoms with Gasteiger partial charge in [-0.25, -0.2) is 8.42 Å². The molecule has 0 aliphatic carbocycles. The van der Waals surface area contributed by atoms with Gasteiger partial charge in [0, 0.05) is 16.3 Å². The third-order valence-electron chi connectivity index (χ3n) is 3.04. The van der Waals surface area contributed by atoms with Gasteiger partial charge in [-0.05, 0) is 45.4 Å². The van der Waals surface area contributed by atoms with E-state index in [9.17, 15) is 12.6 Å². The maximum absolute atomic E-state index is 12.2. The van der Waals surface area contributed by atoms with Crippen LogP contribution in [-0.4, -0.2) is 28.9 Å². The first kappa shape index (κ1) is 16.2. The number of hydrogen-bond donors (Lipinski definition) is 1. The minimum atomic E-state index is -3.25. The lowest BCUT2D eigenvalue weighted by Crippen LogP contribution is -2.32. The summed E-state index contributed by atoms with van der Waals surface area (Å²) < 4.78 is 35.3. The van der Waals surface area contributed by atoms with Crippen LogP contribution < -0.4 is 5.73 Å². The molecule has 6 heteroatoms. The van der Waals surface area contributed by atoms with Gasteiger partial charge in [0.05, 0.1) is 21.3 Å². The van der Waals surface area contributed by atoms with Crippen LogP contribution in [0.3, 0.4) is 0 Å². The van der Waals surface area contributed by atoms with Crippen LogP contribution in [0.4, 0.5) is 5.69 Å². The third-order valence-corrected chi connectivity index (χ3v) is 7.42. The molecule has 0 heterocycles. The molecule has 1 unspecified atom stereocenters. The number of nitrogens with two attached hydrogens (primary N) is 1. The molecule has 0 fully saturated rings. The summed E-state index contributed by atoms with van der Waals surface area (Å²) in [5, 5.41) is 0. The lowest BCUT2D eigenvalue weighted by Gasteiger charge is -2.19. The Balaban J connectivity index is 2.86. The predicted octanol–water partition coefficient (Wildman–Crippen LogP) is 1.90. The standard InChI is InChI=1S/C13H21NO3S2/c1-10-11(14)6-5-7-12(10)18(15)8-9-19(16,17)13(2,3)4/h5-7H,8-9,14H2,1-4H3. The fourth-order valence-corrected chi connectivity index (χ4v) is 4.48. The van der Waals surface area contributed by atoms with Crippen molar-refractivity contribution in [1.82, 2.24) is 0 Å². The zero-order valence-electron chi connectivity index (χ0n) is 11.8. The van der Waals surface area contributed by atoms with E-state index in [1.54, 1.807) is 45.9 Å². The van der Waals surface area contributed by atoms with E-state index in [0.29, 0.717) is 10.6 Å². The minimum absolute atomic E-state index is 0.0860. The van der Waals surface area contributed by atoms with Crippen LogP contribution in [0.25, 0.3) is 0 Å². The fraction of sp³-hybridized carbons (Fsp3) is 0.538. The summed E-state index contributed by atoms with van der Waals surface area (Å²) in [6, 6.07) is 5.20. The van der Waals surface area contributed by atoms with Crippen LogP contribution in [-0.2, 0) is 20.6 Å². The Morgan fingerprint density at radius 3 is 2.37 bits per heavy atom. The fourth-order valence-electron chi connectivity index (χ4n) is 1.48. The maximum atomic E-state index is 12.2. The Morgan fingerprint density at radius 1 is 1.26 bits per heavy atom. The Kier molecular flexibility index (Phi) is 4.79. The summed E-state index contributed by atoms with van der Waals surface area (Å²) in [4.78, 5) is 0.615. The molecule has 1 aromatic carbocycles. The average molecular weight is 303 g/mol. The van der Waals surface area contributed by atoms with Crippen LogP contribution in [0.15, 0.2) is 23.1 Å². The number of hydrogen-bond acceptors (Lipinski definition) is 4. The molecule has 0 aliphatic rings. The molecule has 108 valence electrons. The van der Waals surface area contributed by atoms with Gasteiger partial charge in [0.15, 0.2) is 9.84 Å². The first-order chi connectivity index (χ1) is 8.56. The summed E-state index contributed by atoms with van der Waals surface area (Å²) in [6.45, 7) is 6.74. The highest BCUT2D eigenvalue weighted by Crippen LogP contribution is 2.21. The van der Waals surface area contributed by atoms with Crippen molar-refractivity contribution in [2.45, 2.75) is 37.3 Å². The Bertz CT molecular complexity index is 586. The third kappa shape index (κ3) is 3.79. The molecule has 0 amide bonds.